The molecular weight excluding hydrogens is 436 g/mol. The van der Waals surface area contributed by atoms with Crippen molar-refractivity contribution in [1.29, 1.82) is 0 Å². The number of hydrogen-bond donors (Lipinski definition) is 2. The third-order valence-electron chi connectivity index (χ3n) is 8.04. The first-order valence-electron chi connectivity index (χ1n) is 12.0. The van der Waals surface area contributed by atoms with Crippen LogP contribution in [0.1, 0.15) is 39.0 Å². The number of methoxy groups -OCH3 is 1. The molecule has 4 saturated carbocycles. The van der Waals surface area contributed by atoms with Gasteiger partial charge in [-0.2, -0.15) is 4.98 Å². The molecule has 33 heavy (non-hydrogen) atoms. The first kappa shape index (κ1) is 21.2. The van der Waals surface area contributed by atoms with Crippen LogP contribution in [0.5, 0.6) is 0 Å². The summed E-state index contributed by atoms with van der Waals surface area (Å²) in [6, 6.07) is 6.56. The van der Waals surface area contributed by atoms with E-state index in [9.17, 15) is 0 Å². The van der Waals surface area contributed by atoms with E-state index < -0.39 is 0 Å². The van der Waals surface area contributed by atoms with Gasteiger partial charge in [0.25, 0.3) is 0 Å². The number of nitrogens with one attached hydrogen (secondary N) is 2. The quantitative estimate of drug-likeness (QED) is 0.479. The van der Waals surface area contributed by atoms with E-state index in [1.54, 1.807) is 13.3 Å². The predicted octanol–water partition coefficient (Wildman–Crippen LogP) is 5.50. The maximum absolute atomic E-state index is 6.52. The van der Waals surface area contributed by atoms with Crippen molar-refractivity contribution in [2.24, 2.45) is 23.2 Å². The molecule has 7 nitrogen and oxygen atoms in total. The lowest BCUT2D eigenvalue weighted by atomic mass is 9.48. The second kappa shape index (κ2) is 8.13. The summed E-state index contributed by atoms with van der Waals surface area (Å²) in [6.07, 6.45) is 10.3. The number of hydrogen-bond acceptors (Lipinski definition) is 6. The van der Waals surface area contributed by atoms with E-state index in [-0.39, 0.29) is 0 Å². The van der Waals surface area contributed by atoms with Gasteiger partial charge in [0.05, 0.1) is 30.2 Å². The van der Waals surface area contributed by atoms with Crippen LogP contribution in [0, 0.1) is 23.2 Å². The van der Waals surface area contributed by atoms with Gasteiger partial charge in [-0.3, -0.25) is 0 Å². The van der Waals surface area contributed by atoms with Gasteiger partial charge in [-0.15, -0.1) is 0 Å². The van der Waals surface area contributed by atoms with E-state index in [0.717, 1.165) is 46.8 Å². The first-order chi connectivity index (χ1) is 16.0. The highest BCUT2D eigenvalue weighted by Crippen LogP contribution is 2.60. The molecule has 1 aromatic carbocycles. The van der Waals surface area contributed by atoms with Crippen LogP contribution >= 0.6 is 11.6 Å². The summed E-state index contributed by atoms with van der Waals surface area (Å²) in [5.41, 5.74) is 3.44. The lowest BCUT2D eigenvalue weighted by molar-refractivity contribution is -0.0505. The first-order valence-corrected chi connectivity index (χ1v) is 12.4. The molecule has 2 aromatic heterocycles. The molecule has 0 amide bonds. The Morgan fingerprint density at radius 2 is 2.00 bits per heavy atom. The normalized spacial score (nSPS) is 30.2. The van der Waals surface area contributed by atoms with Crippen LogP contribution < -0.4 is 10.6 Å². The Kier molecular flexibility index (Phi) is 5.22. The standard InChI is InChI=1S/C25H31ClN6O/c1-25-10-15-7-16(11-25)22(17(8-15)12-25)30-23-19(26)13-27-24(31-23)29-18-3-4-21-20(9-18)28-14-32(21)5-6-33-2/h3-4,9,13-17,22H,5-8,10-12H2,1-2H3,(H2,27,29,30,31). The molecule has 4 aliphatic carbocycles. The fraction of sp³-hybridized carbons (Fsp3) is 0.560. The number of aromatic nitrogens is 4. The largest absolute Gasteiger partial charge is 0.383 e. The van der Waals surface area contributed by atoms with Crippen LogP contribution in [-0.2, 0) is 11.3 Å². The van der Waals surface area contributed by atoms with Gasteiger partial charge in [-0.25, -0.2) is 9.97 Å². The Labute approximate surface area is 199 Å². The molecular formula is C25H31ClN6O. The lowest BCUT2D eigenvalue weighted by Gasteiger charge is -2.59. The molecule has 2 unspecified atom stereocenters. The Balaban J connectivity index is 1.20. The van der Waals surface area contributed by atoms with Crippen molar-refractivity contribution in [1.82, 2.24) is 19.5 Å². The molecule has 0 spiro atoms. The molecule has 0 saturated heterocycles. The van der Waals surface area contributed by atoms with Crippen molar-refractivity contribution < 1.29 is 4.74 Å². The summed E-state index contributed by atoms with van der Waals surface area (Å²) in [7, 11) is 1.71. The van der Waals surface area contributed by atoms with E-state index in [2.05, 4.69) is 38.2 Å². The number of halogens is 1. The third-order valence-corrected chi connectivity index (χ3v) is 8.32. The smallest absolute Gasteiger partial charge is 0.229 e. The van der Waals surface area contributed by atoms with Gasteiger partial charge in [0.15, 0.2) is 5.82 Å². The van der Waals surface area contributed by atoms with Gasteiger partial charge in [-0.05, 0) is 73.5 Å². The molecule has 8 heteroatoms. The van der Waals surface area contributed by atoms with Gasteiger partial charge in [-0.1, -0.05) is 18.5 Å². The lowest BCUT2D eigenvalue weighted by Crippen LogP contribution is -2.55. The van der Waals surface area contributed by atoms with Gasteiger partial charge in [0, 0.05) is 25.4 Å². The van der Waals surface area contributed by atoms with Crippen molar-refractivity contribution in [2.75, 3.05) is 24.4 Å². The van der Waals surface area contributed by atoms with Crippen molar-refractivity contribution >= 4 is 40.1 Å². The highest BCUT2D eigenvalue weighted by molar-refractivity contribution is 6.32. The SMILES string of the molecule is COCCn1cnc2cc(Nc3ncc(Cl)c(NC4C5CC6CC4CC(C)(C6)C5)n3)ccc21. The molecule has 174 valence electrons. The molecule has 2 atom stereocenters. The molecule has 0 radical (unpaired) electrons. The van der Waals surface area contributed by atoms with E-state index >= 15 is 0 Å². The minimum absolute atomic E-state index is 0.460. The highest BCUT2D eigenvalue weighted by Gasteiger charge is 2.53. The van der Waals surface area contributed by atoms with Crippen molar-refractivity contribution in [2.45, 2.75) is 51.6 Å². The molecule has 3 aromatic rings. The Bertz CT molecular complexity index is 1160. The molecule has 4 bridgehead atoms. The summed E-state index contributed by atoms with van der Waals surface area (Å²) in [6.45, 7) is 3.92. The molecule has 7 rings (SSSR count). The summed E-state index contributed by atoms with van der Waals surface area (Å²) in [5.74, 6) is 3.63. The van der Waals surface area contributed by atoms with E-state index in [0.29, 0.717) is 29.0 Å². The fourth-order valence-electron chi connectivity index (χ4n) is 6.99. The number of benzene rings is 1. The zero-order valence-corrected chi connectivity index (χ0v) is 20.0. The minimum Gasteiger partial charge on any atom is -0.383 e. The fourth-order valence-corrected chi connectivity index (χ4v) is 7.14. The zero-order chi connectivity index (χ0) is 22.6. The average molecular weight is 467 g/mol. The average Bonchev–Trinajstić information content (AvgIpc) is 3.18. The van der Waals surface area contributed by atoms with Crippen molar-refractivity contribution in [3.63, 3.8) is 0 Å². The van der Waals surface area contributed by atoms with Crippen LogP contribution in [0.3, 0.4) is 0 Å². The maximum atomic E-state index is 6.52. The number of anilines is 3. The summed E-state index contributed by atoms with van der Waals surface area (Å²) in [5, 5.41) is 7.64. The Morgan fingerprint density at radius 3 is 2.76 bits per heavy atom. The van der Waals surface area contributed by atoms with Crippen molar-refractivity contribution in [3.8, 4) is 0 Å². The van der Waals surface area contributed by atoms with Crippen LogP contribution in [0.25, 0.3) is 11.0 Å². The third kappa shape index (κ3) is 3.95. The van der Waals surface area contributed by atoms with Crippen molar-refractivity contribution in [3.05, 3.63) is 35.7 Å². The number of rotatable bonds is 7. The van der Waals surface area contributed by atoms with Crippen LogP contribution in [-0.4, -0.2) is 39.3 Å². The number of fused-ring (bicyclic) bond motifs is 1. The van der Waals surface area contributed by atoms with Crippen LogP contribution in [0.4, 0.5) is 17.5 Å². The topological polar surface area (TPSA) is 76.9 Å². The second-order valence-corrected chi connectivity index (χ2v) is 11.0. The van der Waals surface area contributed by atoms with E-state index in [1.165, 1.54) is 32.1 Å². The molecule has 2 heterocycles. The summed E-state index contributed by atoms with van der Waals surface area (Å²) < 4.78 is 7.28. The minimum atomic E-state index is 0.460. The van der Waals surface area contributed by atoms with E-state index in [4.69, 9.17) is 21.3 Å². The van der Waals surface area contributed by atoms with E-state index in [1.807, 2.05) is 18.5 Å². The van der Waals surface area contributed by atoms with Gasteiger partial charge in [0.2, 0.25) is 5.95 Å². The monoisotopic (exact) mass is 466 g/mol. The summed E-state index contributed by atoms with van der Waals surface area (Å²) >= 11 is 6.52. The number of ether oxygens (including phenoxy) is 1. The van der Waals surface area contributed by atoms with Crippen LogP contribution in [0.15, 0.2) is 30.7 Å². The molecule has 4 fully saturated rings. The van der Waals surface area contributed by atoms with Crippen LogP contribution in [0.2, 0.25) is 5.02 Å². The zero-order valence-electron chi connectivity index (χ0n) is 19.2. The highest BCUT2D eigenvalue weighted by atomic mass is 35.5. The molecule has 2 N–H and O–H groups in total. The van der Waals surface area contributed by atoms with Gasteiger partial charge < -0.3 is 19.9 Å². The van der Waals surface area contributed by atoms with Gasteiger partial charge in [0.1, 0.15) is 5.02 Å². The second-order valence-electron chi connectivity index (χ2n) is 10.6. The molecule has 0 aliphatic heterocycles. The number of imidazole rings is 1. The Morgan fingerprint density at radius 1 is 1.18 bits per heavy atom. The Hall–Kier alpha value is -2.38. The molecule has 4 aliphatic rings. The number of nitrogens with zero attached hydrogens (tertiary/aromatic N) is 4. The predicted molar refractivity (Wildman–Crippen MR) is 131 cm³/mol. The van der Waals surface area contributed by atoms with Gasteiger partial charge >= 0.3 is 0 Å². The maximum Gasteiger partial charge on any atom is 0.229 e. The summed E-state index contributed by atoms with van der Waals surface area (Å²) in [4.78, 5) is 13.7.